The molecule has 2 aromatic heterocycles. The second kappa shape index (κ2) is 4.53. The van der Waals surface area contributed by atoms with Gasteiger partial charge in [0.2, 0.25) is 0 Å². The fourth-order valence-electron chi connectivity index (χ4n) is 2.76. The summed E-state index contributed by atoms with van der Waals surface area (Å²) in [4.78, 5) is 15.4. The third kappa shape index (κ3) is 1.83. The molecule has 22 heavy (non-hydrogen) atoms. The van der Waals surface area contributed by atoms with Gasteiger partial charge < -0.3 is 4.98 Å². The highest BCUT2D eigenvalue weighted by Crippen LogP contribution is 2.25. The number of hydrogen-bond acceptors (Lipinski definition) is 1. The van der Waals surface area contributed by atoms with Gasteiger partial charge in [0.1, 0.15) is 17.3 Å². The van der Waals surface area contributed by atoms with Gasteiger partial charge in [-0.25, -0.2) is 8.78 Å². The van der Waals surface area contributed by atoms with Crippen LogP contribution in [0.15, 0.2) is 59.4 Å². The Balaban J connectivity index is 2.16. The molecule has 0 aliphatic carbocycles. The van der Waals surface area contributed by atoms with E-state index in [0.29, 0.717) is 5.65 Å². The van der Waals surface area contributed by atoms with Gasteiger partial charge in [-0.05, 0) is 24.3 Å². The monoisotopic (exact) mass is 296 g/mol. The van der Waals surface area contributed by atoms with Crippen molar-refractivity contribution in [2.45, 2.75) is 0 Å². The van der Waals surface area contributed by atoms with Gasteiger partial charge in [0.15, 0.2) is 0 Å². The molecule has 0 radical (unpaired) electrons. The molecule has 2 heterocycles. The first kappa shape index (κ1) is 12.8. The van der Waals surface area contributed by atoms with Crippen LogP contribution in [0.5, 0.6) is 0 Å². The van der Waals surface area contributed by atoms with Crippen molar-refractivity contribution in [3.63, 3.8) is 0 Å². The third-order valence-corrected chi connectivity index (χ3v) is 3.67. The summed E-state index contributed by atoms with van der Waals surface area (Å²) >= 11 is 0. The Labute approximate surface area is 123 Å². The van der Waals surface area contributed by atoms with Crippen molar-refractivity contribution in [3.8, 4) is 5.69 Å². The maximum atomic E-state index is 13.5. The van der Waals surface area contributed by atoms with Gasteiger partial charge in [0.25, 0.3) is 5.56 Å². The number of para-hydroxylation sites is 1. The maximum absolute atomic E-state index is 13.5. The lowest BCUT2D eigenvalue weighted by Gasteiger charge is -2.07. The van der Waals surface area contributed by atoms with Gasteiger partial charge in [-0.3, -0.25) is 9.36 Å². The minimum absolute atomic E-state index is 0.152. The van der Waals surface area contributed by atoms with Crippen LogP contribution in [0.1, 0.15) is 0 Å². The summed E-state index contributed by atoms with van der Waals surface area (Å²) < 4.78 is 28.2. The van der Waals surface area contributed by atoms with Crippen LogP contribution in [-0.4, -0.2) is 9.55 Å². The Morgan fingerprint density at radius 3 is 2.36 bits per heavy atom. The van der Waals surface area contributed by atoms with E-state index in [4.69, 9.17) is 0 Å². The fraction of sp³-hybridized carbons (Fsp3) is 0. The van der Waals surface area contributed by atoms with Crippen molar-refractivity contribution in [3.05, 3.63) is 76.6 Å². The number of benzene rings is 2. The number of aromatic amines is 1. The smallest absolute Gasteiger partial charge is 0.256 e. The first-order valence-electron chi connectivity index (χ1n) is 6.72. The SMILES string of the molecule is O=c1ccc2c3ccccc3[nH]c2n1-c1cc(F)cc(F)c1. The molecule has 0 spiro atoms. The highest BCUT2D eigenvalue weighted by molar-refractivity contribution is 6.06. The Kier molecular flexibility index (Phi) is 2.63. The van der Waals surface area contributed by atoms with E-state index in [1.807, 2.05) is 24.3 Å². The average Bonchev–Trinajstić information content (AvgIpc) is 2.84. The lowest BCUT2D eigenvalue weighted by atomic mass is 10.2. The van der Waals surface area contributed by atoms with Crippen LogP contribution in [0.2, 0.25) is 0 Å². The lowest BCUT2D eigenvalue weighted by Crippen LogP contribution is -2.17. The molecular formula is C17H10F2N2O. The summed E-state index contributed by atoms with van der Waals surface area (Å²) in [6, 6.07) is 13.7. The van der Waals surface area contributed by atoms with Gasteiger partial charge in [-0.15, -0.1) is 0 Å². The van der Waals surface area contributed by atoms with Crippen LogP contribution in [0.25, 0.3) is 27.6 Å². The first-order valence-corrected chi connectivity index (χ1v) is 6.72. The molecule has 0 saturated carbocycles. The van der Waals surface area contributed by atoms with Crippen molar-refractivity contribution in [2.75, 3.05) is 0 Å². The fourth-order valence-corrected chi connectivity index (χ4v) is 2.76. The van der Waals surface area contributed by atoms with E-state index in [2.05, 4.69) is 4.98 Å². The molecule has 2 aromatic carbocycles. The summed E-state index contributed by atoms with van der Waals surface area (Å²) in [5.41, 5.74) is 1.16. The van der Waals surface area contributed by atoms with E-state index >= 15 is 0 Å². The van der Waals surface area contributed by atoms with E-state index in [1.54, 1.807) is 6.07 Å². The predicted molar refractivity (Wildman–Crippen MR) is 81.3 cm³/mol. The quantitative estimate of drug-likeness (QED) is 0.571. The second-order valence-electron chi connectivity index (χ2n) is 5.07. The molecule has 0 fully saturated rings. The van der Waals surface area contributed by atoms with Crippen molar-refractivity contribution in [1.29, 1.82) is 0 Å². The zero-order valence-corrected chi connectivity index (χ0v) is 11.3. The molecule has 1 N–H and O–H groups in total. The summed E-state index contributed by atoms with van der Waals surface area (Å²) in [5.74, 6) is -1.45. The summed E-state index contributed by atoms with van der Waals surface area (Å²) in [7, 11) is 0. The largest absolute Gasteiger partial charge is 0.340 e. The van der Waals surface area contributed by atoms with Gasteiger partial charge in [0.05, 0.1) is 5.69 Å². The zero-order valence-electron chi connectivity index (χ0n) is 11.3. The highest BCUT2D eigenvalue weighted by atomic mass is 19.1. The molecule has 0 unspecified atom stereocenters. The molecule has 0 saturated heterocycles. The van der Waals surface area contributed by atoms with Crippen LogP contribution < -0.4 is 5.56 Å². The minimum Gasteiger partial charge on any atom is -0.340 e. The summed E-state index contributed by atoms with van der Waals surface area (Å²) in [5, 5.41) is 1.77. The van der Waals surface area contributed by atoms with Gasteiger partial charge in [0, 0.05) is 28.4 Å². The lowest BCUT2D eigenvalue weighted by molar-refractivity contribution is 0.581. The maximum Gasteiger partial charge on any atom is 0.256 e. The van der Waals surface area contributed by atoms with Crippen LogP contribution in [0, 0.1) is 11.6 Å². The summed E-state index contributed by atoms with van der Waals surface area (Å²) in [6.45, 7) is 0. The number of aromatic nitrogens is 2. The van der Waals surface area contributed by atoms with E-state index in [0.717, 1.165) is 34.5 Å². The number of pyridine rings is 1. The van der Waals surface area contributed by atoms with Crippen LogP contribution >= 0.6 is 0 Å². The molecule has 108 valence electrons. The second-order valence-corrected chi connectivity index (χ2v) is 5.07. The van der Waals surface area contributed by atoms with Crippen LogP contribution in [0.4, 0.5) is 8.78 Å². The van der Waals surface area contributed by atoms with Crippen molar-refractivity contribution in [2.24, 2.45) is 0 Å². The summed E-state index contributed by atoms with van der Waals surface area (Å²) in [6.07, 6.45) is 0. The molecule has 4 aromatic rings. The van der Waals surface area contributed by atoms with Gasteiger partial charge >= 0.3 is 0 Å². The molecule has 0 bridgehead atoms. The number of nitrogens with zero attached hydrogens (tertiary/aromatic N) is 1. The van der Waals surface area contributed by atoms with Crippen molar-refractivity contribution >= 4 is 21.9 Å². The normalized spacial score (nSPS) is 11.4. The predicted octanol–water partition coefficient (Wildman–Crippen LogP) is 3.75. The topological polar surface area (TPSA) is 37.8 Å². The number of hydrogen-bond donors (Lipinski definition) is 1. The van der Waals surface area contributed by atoms with E-state index < -0.39 is 11.6 Å². The molecule has 0 atom stereocenters. The Morgan fingerprint density at radius 1 is 0.864 bits per heavy atom. The Hall–Kier alpha value is -2.95. The number of H-pyrrole nitrogens is 1. The zero-order chi connectivity index (χ0) is 15.3. The Morgan fingerprint density at radius 2 is 1.59 bits per heavy atom. The number of halogens is 2. The molecule has 4 rings (SSSR count). The van der Waals surface area contributed by atoms with Crippen LogP contribution in [0.3, 0.4) is 0 Å². The molecule has 0 aliphatic rings. The van der Waals surface area contributed by atoms with Crippen molar-refractivity contribution < 1.29 is 8.78 Å². The van der Waals surface area contributed by atoms with Crippen LogP contribution in [-0.2, 0) is 0 Å². The number of fused-ring (bicyclic) bond motifs is 3. The van der Waals surface area contributed by atoms with E-state index in [-0.39, 0.29) is 11.2 Å². The average molecular weight is 296 g/mol. The molecule has 3 nitrogen and oxygen atoms in total. The number of nitrogens with one attached hydrogen (secondary N) is 1. The molecule has 0 amide bonds. The van der Waals surface area contributed by atoms with E-state index in [9.17, 15) is 13.6 Å². The third-order valence-electron chi connectivity index (χ3n) is 3.67. The number of rotatable bonds is 1. The molecule has 0 aliphatic heterocycles. The molecular weight excluding hydrogens is 286 g/mol. The first-order chi connectivity index (χ1) is 10.6. The van der Waals surface area contributed by atoms with Gasteiger partial charge in [-0.1, -0.05) is 18.2 Å². The molecule has 5 heteroatoms. The van der Waals surface area contributed by atoms with Gasteiger partial charge in [-0.2, -0.15) is 0 Å². The van der Waals surface area contributed by atoms with Crippen molar-refractivity contribution in [1.82, 2.24) is 9.55 Å². The standard InChI is InChI=1S/C17H10F2N2O/c18-10-7-11(19)9-12(8-10)21-16(22)6-5-14-13-3-1-2-4-15(13)20-17(14)21/h1-9,20H. The highest BCUT2D eigenvalue weighted by Gasteiger charge is 2.12. The Bertz CT molecular complexity index is 1060. The van der Waals surface area contributed by atoms with E-state index in [1.165, 1.54) is 10.6 Å². The minimum atomic E-state index is -0.727.